The molecule has 27 heavy (non-hydrogen) atoms. The number of thiocarbonyl (C=S) groups is 1. The minimum atomic E-state index is -0.256. The number of methoxy groups -OCH3 is 2. The molecule has 0 unspecified atom stereocenters. The molecule has 0 spiro atoms. The first-order chi connectivity index (χ1) is 13.1. The molecule has 2 aromatic carbocycles. The lowest BCUT2D eigenvalue weighted by atomic mass is 10.2. The van der Waals surface area contributed by atoms with Gasteiger partial charge < -0.3 is 20.1 Å². The van der Waals surface area contributed by atoms with Gasteiger partial charge in [-0.05, 0) is 42.0 Å². The number of anilines is 2. The Bertz CT molecular complexity index is 928. The Hall–Kier alpha value is -3.13. The molecule has 140 valence electrons. The fourth-order valence-corrected chi connectivity index (χ4v) is 2.73. The van der Waals surface area contributed by atoms with Crippen LogP contribution in [0.1, 0.15) is 5.56 Å². The summed E-state index contributed by atoms with van der Waals surface area (Å²) >= 11 is 5.34. The van der Waals surface area contributed by atoms with Crippen molar-refractivity contribution in [1.82, 2.24) is 9.78 Å². The standard InChI is InChI=1S/C19H19FN4O2S/c1-25-17-8-7-15(9-18(17)26-2)22-19(27)23-16-10-21-24(12-16)11-13-3-5-14(20)6-4-13/h3-10,12H,11H2,1-2H3,(H2,22,23,27). The molecule has 1 aromatic heterocycles. The van der Waals surface area contributed by atoms with Gasteiger partial charge in [0.05, 0.1) is 32.6 Å². The van der Waals surface area contributed by atoms with Crippen molar-refractivity contribution in [3.63, 3.8) is 0 Å². The van der Waals surface area contributed by atoms with Gasteiger partial charge in [-0.1, -0.05) is 12.1 Å². The first-order valence-corrected chi connectivity index (χ1v) is 8.55. The summed E-state index contributed by atoms with van der Waals surface area (Å²) in [6, 6.07) is 11.8. The number of halogens is 1. The molecular formula is C19H19FN4O2S. The van der Waals surface area contributed by atoms with Crippen LogP contribution in [0.5, 0.6) is 11.5 Å². The average Bonchev–Trinajstić information content (AvgIpc) is 3.10. The van der Waals surface area contributed by atoms with Crippen LogP contribution in [0.4, 0.5) is 15.8 Å². The molecule has 6 nitrogen and oxygen atoms in total. The average molecular weight is 386 g/mol. The predicted molar refractivity (Wildman–Crippen MR) is 107 cm³/mol. The second-order valence-electron chi connectivity index (χ2n) is 5.70. The molecule has 0 bridgehead atoms. The van der Waals surface area contributed by atoms with E-state index in [4.69, 9.17) is 21.7 Å². The molecule has 0 saturated carbocycles. The number of hydrogen-bond donors (Lipinski definition) is 2. The Kier molecular flexibility index (Phi) is 5.87. The largest absolute Gasteiger partial charge is 0.493 e. The molecule has 0 fully saturated rings. The maximum atomic E-state index is 13.0. The first kappa shape index (κ1) is 18.7. The Morgan fingerprint density at radius 3 is 2.44 bits per heavy atom. The fourth-order valence-electron chi connectivity index (χ4n) is 2.50. The molecule has 0 saturated heterocycles. The van der Waals surface area contributed by atoms with Crippen LogP contribution in [0, 0.1) is 5.82 Å². The van der Waals surface area contributed by atoms with E-state index in [9.17, 15) is 4.39 Å². The van der Waals surface area contributed by atoms with Crippen molar-refractivity contribution in [2.45, 2.75) is 6.54 Å². The third kappa shape index (κ3) is 4.95. The summed E-state index contributed by atoms with van der Waals surface area (Å²) in [5.74, 6) is 0.995. The van der Waals surface area contributed by atoms with Gasteiger partial charge in [-0.15, -0.1) is 0 Å². The number of hydrogen-bond acceptors (Lipinski definition) is 4. The van der Waals surface area contributed by atoms with Gasteiger partial charge in [-0.2, -0.15) is 5.10 Å². The molecule has 0 atom stereocenters. The zero-order valence-corrected chi connectivity index (χ0v) is 15.7. The minimum Gasteiger partial charge on any atom is -0.493 e. The van der Waals surface area contributed by atoms with E-state index in [-0.39, 0.29) is 5.82 Å². The van der Waals surface area contributed by atoms with Crippen molar-refractivity contribution in [2.24, 2.45) is 0 Å². The van der Waals surface area contributed by atoms with Crippen molar-refractivity contribution in [2.75, 3.05) is 24.9 Å². The Labute approximate surface area is 161 Å². The van der Waals surface area contributed by atoms with Gasteiger partial charge in [-0.3, -0.25) is 4.68 Å². The van der Waals surface area contributed by atoms with Crippen LogP contribution in [0.2, 0.25) is 0 Å². The number of ether oxygens (including phenoxy) is 2. The van der Waals surface area contributed by atoms with Crippen LogP contribution in [0.15, 0.2) is 54.9 Å². The molecule has 0 aliphatic carbocycles. The number of benzene rings is 2. The Balaban J connectivity index is 1.60. The maximum absolute atomic E-state index is 13.0. The number of nitrogens with zero attached hydrogens (tertiary/aromatic N) is 2. The normalized spacial score (nSPS) is 10.3. The monoisotopic (exact) mass is 386 g/mol. The molecule has 3 rings (SSSR count). The second-order valence-corrected chi connectivity index (χ2v) is 6.11. The Morgan fingerprint density at radius 1 is 1.04 bits per heavy atom. The highest BCUT2D eigenvalue weighted by Gasteiger charge is 2.07. The molecule has 0 aliphatic rings. The van der Waals surface area contributed by atoms with Crippen LogP contribution >= 0.6 is 12.2 Å². The summed E-state index contributed by atoms with van der Waals surface area (Å²) < 4.78 is 25.2. The van der Waals surface area contributed by atoms with Crippen LogP contribution in [0.25, 0.3) is 0 Å². The molecule has 3 aromatic rings. The number of aromatic nitrogens is 2. The summed E-state index contributed by atoms with van der Waals surface area (Å²) in [7, 11) is 3.16. The quantitative estimate of drug-likeness (QED) is 0.627. The van der Waals surface area contributed by atoms with Crippen molar-refractivity contribution in [3.8, 4) is 11.5 Å². The first-order valence-electron chi connectivity index (χ1n) is 8.14. The van der Waals surface area contributed by atoms with E-state index in [0.29, 0.717) is 23.2 Å². The summed E-state index contributed by atoms with van der Waals surface area (Å²) in [4.78, 5) is 0. The second kappa shape index (κ2) is 8.50. The van der Waals surface area contributed by atoms with E-state index in [0.717, 1.165) is 16.9 Å². The predicted octanol–water partition coefficient (Wildman–Crippen LogP) is 3.90. The number of rotatable bonds is 6. The van der Waals surface area contributed by atoms with Crippen molar-refractivity contribution in [3.05, 3.63) is 66.2 Å². The van der Waals surface area contributed by atoms with Gasteiger partial charge in [0.25, 0.3) is 0 Å². The molecule has 2 N–H and O–H groups in total. The maximum Gasteiger partial charge on any atom is 0.175 e. The topological polar surface area (TPSA) is 60.3 Å². The zero-order valence-electron chi connectivity index (χ0n) is 14.9. The molecular weight excluding hydrogens is 367 g/mol. The summed E-state index contributed by atoms with van der Waals surface area (Å²) in [6.45, 7) is 0.540. The van der Waals surface area contributed by atoms with E-state index in [1.807, 2.05) is 12.3 Å². The lowest BCUT2D eigenvalue weighted by Crippen LogP contribution is -2.18. The molecule has 0 aliphatic heterocycles. The fraction of sp³-hybridized carbons (Fsp3) is 0.158. The third-order valence-electron chi connectivity index (χ3n) is 3.79. The van der Waals surface area contributed by atoms with Gasteiger partial charge in [0, 0.05) is 18.0 Å². The van der Waals surface area contributed by atoms with Gasteiger partial charge >= 0.3 is 0 Å². The number of nitrogens with one attached hydrogen (secondary N) is 2. The molecule has 0 radical (unpaired) electrons. The smallest absolute Gasteiger partial charge is 0.175 e. The van der Waals surface area contributed by atoms with E-state index in [2.05, 4.69) is 15.7 Å². The molecule has 0 amide bonds. The van der Waals surface area contributed by atoms with E-state index in [1.165, 1.54) is 12.1 Å². The lowest BCUT2D eigenvalue weighted by Gasteiger charge is -2.12. The van der Waals surface area contributed by atoms with Crippen molar-refractivity contribution < 1.29 is 13.9 Å². The highest BCUT2D eigenvalue weighted by molar-refractivity contribution is 7.80. The molecule has 8 heteroatoms. The lowest BCUT2D eigenvalue weighted by molar-refractivity contribution is 0.355. The van der Waals surface area contributed by atoms with Crippen molar-refractivity contribution >= 4 is 28.7 Å². The van der Waals surface area contributed by atoms with Crippen LogP contribution < -0.4 is 20.1 Å². The highest BCUT2D eigenvalue weighted by atomic mass is 32.1. The van der Waals surface area contributed by atoms with Gasteiger partial charge in [0.15, 0.2) is 16.6 Å². The summed E-state index contributed by atoms with van der Waals surface area (Å²) in [6.07, 6.45) is 3.50. The van der Waals surface area contributed by atoms with E-state index in [1.54, 1.807) is 49.4 Å². The third-order valence-corrected chi connectivity index (χ3v) is 3.99. The van der Waals surface area contributed by atoms with Gasteiger partial charge in [-0.25, -0.2) is 4.39 Å². The SMILES string of the molecule is COc1ccc(NC(=S)Nc2cnn(Cc3ccc(F)cc3)c2)cc1OC. The Morgan fingerprint density at radius 2 is 1.74 bits per heavy atom. The van der Waals surface area contributed by atoms with E-state index >= 15 is 0 Å². The van der Waals surface area contributed by atoms with Crippen LogP contribution in [-0.4, -0.2) is 29.1 Å². The van der Waals surface area contributed by atoms with Crippen LogP contribution in [-0.2, 0) is 6.54 Å². The molecule has 1 heterocycles. The van der Waals surface area contributed by atoms with Gasteiger partial charge in [0.2, 0.25) is 0 Å². The zero-order chi connectivity index (χ0) is 19.2. The van der Waals surface area contributed by atoms with Crippen LogP contribution in [0.3, 0.4) is 0 Å². The highest BCUT2D eigenvalue weighted by Crippen LogP contribution is 2.29. The summed E-state index contributed by atoms with van der Waals surface area (Å²) in [5.41, 5.74) is 2.47. The van der Waals surface area contributed by atoms with E-state index < -0.39 is 0 Å². The summed E-state index contributed by atoms with van der Waals surface area (Å²) in [5, 5.41) is 10.9. The minimum absolute atomic E-state index is 0.256. The van der Waals surface area contributed by atoms with Gasteiger partial charge in [0.1, 0.15) is 5.82 Å². The van der Waals surface area contributed by atoms with Crippen molar-refractivity contribution in [1.29, 1.82) is 0 Å².